The van der Waals surface area contributed by atoms with E-state index in [1.165, 1.54) is 4.57 Å². The lowest BCUT2D eigenvalue weighted by Gasteiger charge is -2.08. The average molecular weight is 334 g/mol. The summed E-state index contributed by atoms with van der Waals surface area (Å²) in [7, 11) is 0. The molecule has 0 radical (unpaired) electrons. The molecule has 1 aromatic carbocycles. The van der Waals surface area contributed by atoms with Crippen LogP contribution >= 0.6 is 0 Å². The van der Waals surface area contributed by atoms with E-state index in [9.17, 15) is 14.4 Å². The van der Waals surface area contributed by atoms with Crippen LogP contribution in [0.25, 0.3) is 11.1 Å². The van der Waals surface area contributed by atoms with Crippen molar-refractivity contribution in [3.8, 4) is 0 Å². The van der Waals surface area contributed by atoms with Crippen molar-refractivity contribution >= 4 is 23.0 Å². The fourth-order valence-electron chi connectivity index (χ4n) is 2.34. The maximum absolute atomic E-state index is 11.8. The molecule has 130 valence electrons. The molecule has 0 fully saturated rings. The van der Waals surface area contributed by atoms with E-state index >= 15 is 0 Å². The van der Waals surface area contributed by atoms with Crippen molar-refractivity contribution in [1.29, 1.82) is 0 Å². The summed E-state index contributed by atoms with van der Waals surface area (Å²) in [6.07, 6.45) is 0.767. The first-order chi connectivity index (χ1) is 11.5. The molecule has 1 N–H and O–H groups in total. The SMILES string of the molecule is CC(C)OC(=O)CCNC(=O)CCCn1c(=O)oc2ccccc21. The van der Waals surface area contributed by atoms with E-state index in [0.29, 0.717) is 18.5 Å². The number of aromatic nitrogens is 1. The molecule has 1 amide bonds. The maximum Gasteiger partial charge on any atom is 0.419 e. The van der Waals surface area contributed by atoms with Gasteiger partial charge in [0.25, 0.3) is 0 Å². The first kappa shape index (κ1) is 17.8. The van der Waals surface area contributed by atoms with Gasteiger partial charge in [-0.05, 0) is 32.4 Å². The van der Waals surface area contributed by atoms with Crippen LogP contribution < -0.4 is 11.1 Å². The number of carbonyl (C=O) groups excluding carboxylic acids is 2. The highest BCUT2D eigenvalue weighted by molar-refractivity contribution is 5.77. The number of nitrogens with zero attached hydrogens (tertiary/aromatic N) is 1. The Kier molecular flexibility index (Phi) is 6.17. The summed E-state index contributed by atoms with van der Waals surface area (Å²) < 4.78 is 11.6. The zero-order valence-corrected chi connectivity index (χ0v) is 13.9. The second-order valence-corrected chi connectivity index (χ2v) is 5.73. The van der Waals surface area contributed by atoms with Crippen molar-refractivity contribution in [3.05, 3.63) is 34.8 Å². The Morgan fingerprint density at radius 1 is 1.25 bits per heavy atom. The number of esters is 1. The maximum atomic E-state index is 11.8. The number of benzene rings is 1. The number of hydrogen-bond donors (Lipinski definition) is 1. The van der Waals surface area contributed by atoms with Gasteiger partial charge in [-0.2, -0.15) is 0 Å². The lowest BCUT2D eigenvalue weighted by Crippen LogP contribution is -2.27. The van der Waals surface area contributed by atoms with E-state index < -0.39 is 5.76 Å². The van der Waals surface area contributed by atoms with Gasteiger partial charge in [0, 0.05) is 19.5 Å². The number of ether oxygens (including phenoxy) is 1. The van der Waals surface area contributed by atoms with Gasteiger partial charge in [0.1, 0.15) is 0 Å². The van der Waals surface area contributed by atoms with Gasteiger partial charge in [-0.15, -0.1) is 0 Å². The Labute approximate surface area is 139 Å². The number of aryl methyl sites for hydroxylation is 1. The molecule has 2 rings (SSSR count). The second-order valence-electron chi connectivity index (χ2n) is 5.73. The van der Waals surface area contributed by atoms with Crippen LogP contribution in [0.5, 0.6) is 0 Å². The van der Waals surface area contributed by atoms with Crippen molar-refractivity contribution in [3.63, 3.8) is 0 Å². The van der Waals surface area contributed by atoms with Crippen LogP contribution in [0.15, 0.2) is 33.5 Å². The van der Waals surface area contributed by atoms with Crippen LogP contribution in [0.1, 0.15) is 33.1 Å². The van der Waals surface area contributed by atoms with Gasteiger partial charge in [0.2, 0.25) is 5.91 Å². The van der Waals surface area contributed by atoms with Crippen molar-refractivity contribution in [1.82, 2.24) is 9.88 Å². The van der Waals surface area contributed by atoms with E-state index in [-0.39, 0.29) is 37.4 Å². The summed E-state index contributed by atoms with van der Waals surface area (Å²) in [6.45, 7) is 4.20. The monoisotopic (exact) mass is 334 g/mol. The zero-order valence-electron chi connectivity index (χ0n) is 13.9. The van der Waals surface area contributed by atoms with Crippen molar-refractivity contribution in [2.75, 3.05) is 6.54 Å². The van der Waals surface area contributed by atoms with E-state index in [4.69, 9.17) is 9.15 Å². The van der Waals surface area contributed by atoms with Crippen LogP contribution in [0, 0.1) is 0 Å². The minimum atomic E-state index is -0.423. The average Bonchev–Trinajstić information content (AvgIpc) is 2.82. The third-order valence-electron chi connectivity index (χ3n) is 3.38. The molecule has 2 aromatic rings. The Morgan fingerprint density at radius 3 is 2.75 bits per heavy atom. The lowest BCUT2D eigenvalue weighted by molar-refractivity contribution is -0.147. The predicted molar refractivity (Wildman–Crippen MR) is 88.6 cm³/mol. The standard InChI is InChI=1S/C17H22N2O5/c1-12(2)23-16(21)9-10-18-15(20)8-5-11-19-13-6-3-4-7-14(13)24-17(19)22/h3-4,6-7,12H,5,8-11H2,1-2H3,(H,18,20). The van der Waals surface area contributed by atoms with Crippen molar-refractivity contribution < 1.29 is 18.7 Å². The molecule has 0 spiro atoms. The molecule has 24 heavy (non-hydrogen) atoms. The smallest absolute Gasteiger partial charge is 0.419 e. The molecule has 0 unspecified atom stereocenters. The Hall–Kier alpha value is -2.57. The number of fused-ring (bicyclic) bond motifs is 1. The fourth-order valence-corrected chi connectivity index (χ4v) is 2.34. The van der Waals surface area contributed by atoms with Crippen LogP contribution in [0.3, 0.4) is 0 Å². The van der Waals surface area contributed by atoms with Gasteiger partial charge in [0.05, 0.1) is 18.0 Å². The number of amides is 1. The molecule has 0 aliphatic heterocycles. The molecule has 1 aromatic heterocycles. The molecule has 0 bridgehead atoms. The van der Waals surface area contributed by atoms with Crippen LogP contribution in [-0.4, -0.2) is 29.1 Å². The third kappa shape index (κ3) is 4.97. The predicted octanol–water partition coefficient (Wildman–Crippen LogP) is 1.83. The van der Waals surface area contributed by atoms with Gasteiger partial charge < -0.3 is 14.5 Å². The first-order valence-corrected chi connectivity index (χ1v) is 8.02. The lowest BCUT2D eigenvalue weighted by atomic mass is 10.2. The second kappa shape index (κ2) is 8.33. The Bertz CT molecular complexity index is 760. The highest BCUT2D eigenvalue weighted by atomic mass is 16.5. The number of rotatable bonds is 8. The highest BCUT2D eigenvalue weighted by Crippen LogP contribution is 2.12. The summed E-state index contributed by atoms with van der Waals surface area (Å²) in [5.74, 6) is -0.914. The van der Waals surface area contributed by atoms with Crippen LogP contribution in [0.4, 0.5) is 0 Å². The highest BCUT2D eigenvalue weighted by Gasteiger charge is 2.10. The van der Waals surface area contributed by atoms with Gasteiger partial charge in [0.15, 0.2) is 5.58 Å². The summed E-state index contributed by atoms with van der Waals surface area (Å²) in [4.78, 5) is 34.9. The minimum Gasteiger partial charge on any atom is -0.463 e. The quantitative estimate of drug-likeness (QED) is 0.744. The Morgan fingerprint density at radius 2 is 2.00 bits per heavy atom. The van der Waals surface area contributed by atoms with Crippen LogP contribution in [-0.2, 0) is 20.9 Å². The van der Waals surface area contributed by atoms with E-state index in [2.05, 4.69) is 5.32 Å². The van der Waals surface area contributed by atoms with Crippen LogP contribution in [0.2, 0.25) is 0 Å². The van der Waals surface area contributed by atoms with E-state index in [0.717, 1.165) is 5.52 Å². The number of oxazole rings is 1. The van der Waals surface area contributed by atoms with Gasteiger partial charge >= 0.3 is 11.7 Å². The van der Waals surface area contributed by atoms with Crippen molar-refractivity contribution in [2.24, 2.45) is 0 Å². The number of hydrogen-bond acceptors (Lipinski definition) is 5. The largest absolute Gasteiger partial charge is 0.463 e. The molecule has 7 heteroatoms. The Balaban J connectivity index is 1.73. The number of para-hydroxylation sites is 2. The first-order valence-electron chi connectivity index (χ1n) is 8.02. The molecule has 0 saturated carbocycles. The molecule has 0 aliphatic carbocycles. The summed E-state index contributed by atoms with van der Waals surface area (Å²) in [5.41, 5.74) is 1.26. The number of carbonyl (C=O) groups is 2. The van der Waals surface area contributed by atoms with Gasteiger partial charge in [-0.25, -0.2) is 4.79 Å². The molecule has 1 heterocycles. The molecular weight excluding hydrogens is 312 g/mol. The fraction of sp³-hybridized carbons (Fsp3) is 0.471. The minimum absolute atomic E-state index is 0.149. The molecule has 0 atom stereocenters. The summed E-state index contributed by atoms with van der Waals surface area (Å²) >= 11 is 0. The summed E-state index contributed by atoms with van der Waals surface area (Å²) in [5, 5.41) is 2.67. The van der Waals surface area contributed by atoms with Crippen molar-refractivity contribution in [2.45, 2.75) is 45.8 Å². The van der Waals surface area contributed by atoms with E-state index in [1.54, 1.807) is 32.0 Å². The zero-order chi connectivity index (χ0) is 17.5. The van der Waals surface area contributed by atoms with Gasteiger partial charge in [-0.3, -0.25) is 14.2 Å². The molecule has 0 aliphatic rings. The number of nitrogens with one attached hydrogen (secondary N) is 1. The third-order valence-corrected chi connectivity index (χ3v) is 3.38. The van der Waals surface area contributed by atoms with Gasteiger partial charge in [-0.1, -0.05) is 12.1 Å². The summed E-state index contributed by atoms with van der Waals surface area (Å²) in [6, 6.07) is 7.17. The molecule has 0 saturated heterocycles. The topological polar surface area (TPSA) is 90.5 Å². The molecule has 7 nitrogen and oxygen atoms in total. The normalized spacial score (nSPS) is 11.0. The van der Waals surface area contributed by atoms with E-state index in [1.807, 2.05) is 6.07 Å². The molecular formula is C17H22N2O5.